The summed E-state index contributed by atoms with van der Waals surface area (Å²) in [7, 11) is 0. The first kappa shape index (κ1) is 17.2. The fourth-order valence-electron chi connectivity index (χ4n) is 2.60. The van der Waals surface area contributed by atoms with Crippen LogP contribution in [-0.4, -0.2) is 16.4 Å². The number of hydrogen-bond donors (Lipinski definition) is 3. The molecule has 4 N–H and O–H groups in total. The zero-order valence-corrected chi connectivity index (χ0v) is 14.1. The second-order valence-corrected chi connectivity index (χ2v) is 6.15. The Morgan fingerprint density at radius 1 is 1.32 bits per heavy atom. The van der Waals surface area contributed by atoms with E-state index >= 15 is 0 Å². The molecule has 1 aromatic carbocycles. The molecular formula is C18H17ClF2N4. The van der Waals surface area contributed by atoms with Gasteiger partial charge in [0.15, 0.2) is 0 Å². The molecule has 0 aliphatic carbocycles. The Morgan fingerprint density at radius 2 is 2.12 bits per heavy atom. The number of halogens is 3. The normalized spacial score (nSPS) is 11.2. The van der Waals surface area contributed by atoms with Gasteiger partial charge >= 0.3 is 0 Å². The number of hydrogen-bond acceptors (Lipinski definition) is 3. The van der Waals surface area contributed by atoms with Crippen molar-refractivity contribution < 1.29 is 8.78 Å². The van der Waals surface area contributed by atoms with E-state index in [0.717, 1.165) is 22.2 Å². The number of nitrogens with one attached hydrogen (secondary N) is 2. The molecule has 0 radical (unpaired) electrons. The Bertz CT molecular complexity index is 903. The van der Waals surface area contributed by atoms with E-state index in [0.29, 0.717) is 28.6 Å². The number of nitrogens with two attached hydrogens (primary N) is 1. The van der Waals surface area contributed by atoms with Crippen molar-refractivity contribution in [3.05, 3.63) is 65.2 Å². The first-order chi connectivity index (χ1) is 11.9. The zero-order valence-electron chi connectivity index (χ0n) is 13.3. The monoisotopic (exact) mass is 362 g/mol. The molecule has 0 saturated carbocycles. The van der Waals surface area contributed by atoms with Crippen LogP contribution in [0.2, 0.25) is 5.02 Å². The van der Waals surface area contributed by atoms with Crippen molar-refractivity contribution in [1.82, 2.24) is 15.3 Å². The van der Waals surface area contributed by atoms with Crippen molar-refractivity contribution in [2.75, 3.05) is 0 Å². The molecular weight excluding hydrogens is 346 g/mol. The van der Waals surface area contributed by atoms with E-state index in [2.05, 4.69) is 21.9 Å². The molecule has 0 aliphatic rings. The summed E-state index contributed by atoms with van der Waals surface area (Å²) in [6.45, 7) is 4.12. The number of aromatic amines is 1. The first-order valence-corrected chi connectivity index (χ1v) is 8.03. The topological polar surface area (TPSA) is 66.7 Å². The van der Waals surface area contributed by atoms with Gasteiger partial charge in [0.05, 0.1) is 23.1 Å². The van der Waals surface area contributed by atoms with E-state index in [1.807, 2.05) is 18.2 Å². The molecule has 0 fully saturated rings. The minimum Gasteiger partial charge on any atom is -0.386 e. The standard InChI is InChI=1S/C18H17ClF2N4/c1-10(22)23-9-13-5-12-6-15(19)14(7-17(12)25-13)16-3-2-11(8-24-16)4-18(20)21/h2-3,5-8,18,23,25H,1,4,9,22H2. The highest BCUT2D eigenvalue weighted by Crippen LogP contribution is 2.31. The summed E-state index contributed by atoms with van der Waals surface area (Å²) in [5.41, 5.74) is 9.21. The molecule has 3 aromatic rings. The molecule has 2 heterocycles. The molecule has 0 spiro atoms. The van der Waals surface area contributed by atoms with E-state index in [1.165, 1.54) is 6.20 Å². The number of fused-ring (bicyclic) bond motifs is 1. The average Bonchev–Trinajstić information content (AvgIpc) is 2.94. The van der Waals surface area contributed by atoms with Gasteiger partial charge in [-0.15, -0.1) is 0 Å². The summed E-state index contributed by atoms with van der Waals surface area (Å²) in [5.74, 6) is 0.394. The van der Waals surface area contributed by atoms with Crippen LogP contribution >= 0.6 is 11.6 Å². The van der Waals surface area contributed by atoms with Crippen molar-refractivity contribution in [3.63, 3.8) is 0 Å². The van der Waals surface area contributed by atoms with E-state index in [9.17, 15) is 8.78 Å². The Kier molecular flexibility index (Phi) is 4.90. The average molecular weight is 363 g/mol. The number of nitrogens with zero attached hydrogens (tertiary/aromatic N) is 1. The highest BCUT2D eigenvalue weighted by molar-refractivity contribution is 6.34. The van der Waals surface area contributed by atoms with Gasteiger partial charge < -0.3 is 16.0 Å². The van der Waals surface area contributed by atoms with Crippen LogP contribution in [0.1, 0.15) is 11.3 Å². The van der Waals surface area contributed by atoms with Gasteiger partial charge in [0, 0.05) is 34.8 Å². The lowest BCUT2D eigenvalue weighted by atomic mass is 10.1. The van der Waals surface area contributed by atoms with Crippen molar-refractivity contribution in [2.45, 2.75) is 19.4 Å². The highest BCUT2D eigenvalue weighted by atomic mass is 35.5. The molecule has 25 heavy (non-hydrogen) atoms. The van der Waals surface area contributed by atoms with Crippen LogP contribution in [-0.2, 0) is 13.0 Å². The van der Waals surface area contributed by atoms with E-state index in [1.54, 1.807) is 12.1 Å². The second kappa shape index (κ2) is 7.11. The minimum atomic E-state index is -2.39. The molecule has 0 amide bonds. The Balaban J connectivity index is 1.90. The van der Waals surface area contributed by atoms with E-state index in [-0.39, 0.29) is 6.42 Å². The summed E-state index contributed by atoms with van der Waals surface area (Å²) in [6, 6.07) is 9.06. The number of alkyl halides is 2. The van der Waals surface area contributed by atoms with Crippen LogP contribution in [0.4, 0.5) is 8.78 Å². The second-order valence-electron chi connectivity index (χ2n) is 5.74. The van der Waals surface area contributed by atoms with Gasteiger partial charge in [-0.1, -0.05) is 24.2 Å². The van der Waals surface area contributed by atoms with Gasteiger partial charge in [-0.2, -0.15) is 0 Å². The predicted octanol–water partition coefficient (Wildman–Crippen LogP) is 4.21. The third-order valence-corrected chi connectivity index (χ3v) is 4.07. The van der Waals surface area contributed by atoms with Crippen LogP contribution in [0, 0.1) is 0 Å². The molecule has 0 bridgehead atoms. The summed E-state index contributed by atoms with van der Waals surface area (Å²) in [4.78, 5) is 7.54. The van der Waals surface area contributed by atoms with Gasteiger partial charge in [-0.25, -0.2) is 8.78 Å². The maximum atomic E-state index is 12.4. The van der Waals surface area contributed by atoms with Gasteiger partial charge in [-0.3, -0.25) is 4.98 Å². The molecule has 4 nitrogen and oxygen atoms in total. The zero-order chi connectivity index (χ0) is 18.0. The van der Waals surface area contributed by atoms with Crippen molar-refractivity contribution in [3.8, 4) is 11.3 Å². The lowest BCUT2D eigenvalue weighted by Gasteiger charge is -2.06. The highest BCUT2D eigenvalue weighted by Gasteiger charge is 2.11. The third kappa shape index (κ3) is 4.09. The lowest BCUT2D eigenvalue weighted by molar-refractivity contribution is 0.149. The molecule has 0 aliphatic heterocycles. The number of H-pyrrole nitrogens is 1. The van der Waals surface area contributed by atoms with Crippen molar-refractivity contribution in [2.24, 2.45) is 5.73 Å². The van der Waals surface area contributed by atoms with Crippen LogP contribution in [0.3, 0.4) is 0 Å². The van der Waals surface area contributed by atoms with Crippen molar-refractivity contribution in [1.29, 1.82) is 0 Å². The Labute approximate surface area is 148 Å². The maximum Gasteiger partial charge on any atom is 0.242 e. The predicted molar refractivity (Wildman–Crippen MR) is 96.4 cm³/mol. The number of pyridine rings is 1. The number of rotatable bonds is 6. The lowest BCUT2D eigenvalue weighted by Crippen LogP contribution is -2.18. The summed E-state index contributed by atoms with van der Waals surface area (Å²) in [5, 5.41) is 4.46. The van der Waals surface area contributed by atoms with E-state index in [4.69, 9.17) is 17.3 Å². The molecule has 0 saturated heterocycles. The van der Waals surface area contributed by atoms with Gasteiger partial charge in [0.25, 0.3) is 0 Å². The van der Waals surface area contributed by atoms with Crippen molar-refractivity contribution >= 4 is 22.5 Å². The largest absolute Gasteiger partial charge is 0.386 e. The Morgan fingerprint density at radius 3 is 2.76 bits per heavy atom. The van der Waals surface area contributed by atoms with Gasteiger partial charge in [0.2, 0.25) is 6.43 Å². The summed E-state index contributed by atoms with van der Waals surface area (Å²) in [6.07, 6.45) is -1.23. The fraction of sp³-hybridized carbons (Fsp3) is 0.167. The molecule has 0 unspecified atom stereocenters. The molecule has 3 rings (SSSR count). The quantitative estimate of drug-likeness (QED) is 0.615. The molecule has 7 heteroatoms. The first-order valence-electron chi connectivity index (χ1n) is 7.65. The maximum absolute atomic E-state index is 12.4. The van der Waals surface area contributed by atoms with Crippen LogP contribution in [0.5, 0.6) is 0 Å². The van der Waals surface area contributed by atoms with Crippen LogP contribution in [0.25, 0.3) is 22.2 Å². The Hall–Kier alpha value is -2.60. The van der Waals surface area contributed by atoms with Crippen LogP contribution in [0.15, 0.2) is 48.9 Å². The van der Waals surface area contributed by atoms with Crippen LogP contribution < -0.4 is 11.1 Å². The SMILES string of the molecule is C=C(N)NCc1cc2cc(Cl)c(-c3ccc(CC(F)F)cn3)cc2[nH]1. The minimum absolute atomic E-state index is 0.306. The molecule has 2 aromatic heterocycles. The van der Waals surface area contributed by atoms with Gasteiger partial charge in [0.1, 0.15) is 0 Å². The molecule has 130 valence electrons. The van der Waals surface area contributed by atoms with Gasteiger partial charge in [-0.05, 0) is 29.8 Å². The number of benzene rings is 1. The fourth-order valence-corrected chi connectivity index (χ4v) is 2.87. The third-order valence-electron chi connectivity index (χ3n) is 3.76. The van der Waals surface area contributed by atoms with E-state index < -0.39 is 6.43 Å². The summed E-state index contributed by atoms with van der Waals surface area (Å²) < 4.78 is 24.9. The summed E-state index contributed by atoms with van der Waals surface area (Å²) >= 11 is 6.38. The molecule has 0 atom stereocenters. The smallest absolute Gasteiger partial charge is 0.242 e. The number of aromatic nitrogens is 2.